The molecule has 1 aromatic carbocycles. The van der Waals surface area contributed by atoms with Gasteiger partial charge >= 0.3 is 0 Å². The summed E-state index contributed by atoms with van der Waals surface area (Å²) in [6.07, 6.45) is 2.09. The van der Waals surface area contributed by atoms with Crippen LogP contribution in [0.15, 0.2) is 24.3 Å². The van der Waals surface area contributed by atoms with Crippen molar-refractivity contribution in [2.24, 2.45) is 0 Å². The van der Waals surface area contributed by atoms with Crippen molar-refractivity contribution in [2.75, 3.05) is 18.6 Å². The molecule has 0 aromatic heterocycles. The van der Waals surface area contributed by atoms with Crippen molar-refractivity contribution in [3.63, 3.8) is 0 Å². The highest BCUT2D eigenvalue weighted by Gasteiger charge is 2.03. The molecular formula is C11H16FNS. The summed E-state index contributed by atoms with van der Waals surface area (Å²) in [4.78, 5) is 0. The lowest BCUT2D eigenvalue weighted by Gasteiger charge is -2.13. The average Bonchev–Trinajstić information content (AvgIpc) is 2.19. The second kappa shape index (κ2) is 6.04. The van der Waals surface area contributed by atoms with Gasteiger partial charge in [0.05, 0.1) is 0 Å². The van der Waals surface area contributed by atoms with Gasteiger partial charge in [-0.3, -0.25) is 0 Å². The second-order valence-corrected chi connectivity index (χ2v) is 4.21. The van der Waals surface area contributed by atoms with Crippen LogP contribution in [0.25, 0.3) is 0 Å². The largest absolute Gasteiger partial charge is 0.309 e. The summed E-state index contributed by atoms with van der Waals surface area (Å²) in [5.74, 6) is 0.927. The second-order valence-electron chi connectivity index (χ2n) is 3.22. The lowest BCUT2D eigenvalue weighted by Crippen LogP contribution is -2.21. The molecule has 0 unspecified atom stereocenters. The number of benzene rings is 1. The summed E-state index contributed by atoms with van der Waals surface area (Å²) < 4.78 is 12.6. The fraction of sp³-hybridized carbons (Fsp3) is 0.455. The Morgan fingerprint density at radius 3 is 2.57 bits per heavy atom. The summed E-state index contributed by atoms with van der Waals surface area (Å²) >= 11 is 1.82. The lowest BCUT2D eigenvalue weighted by molar-refractivity contribution is 0.594. The van der Waals surface area contributed by atoms with Crippen LogP contribution in [0.2, 0.25) is 0 Å². The SMILES string of the molecule is CSCCN[C@H](C)c1ccc(F)cc1. The summed E-state index contributed by atoms with van der Waals surface area (Å²) in [6, 6.07) is 6.95. The standard InChI is InChI=1S/C11H16FNS/c1-9(13-7-8-14-2)10-3-5-11(12)6-4-10/h3-6,9,13H,7-8H2,1-2H3/t9-/m1/s1. The van der Waals surface area contributed by atoms with Crippen molar-refractivity contribution in [1.82, 2.24) is 5.32 Å². The Morgan fingerprint density at radius 1 is 1.36 bits per heavy atom. The molecule has 0 bridgehead atoms. The van der Waals surface area contributed by atoms with E-state index in [-0.39, 0.29) is 5.82 Å². The van der Waals surface area contributed by atoms with E-state index in [4.69, 9.17) is 0 Å². The number of rotatable bonds is 5. The van der Waals surface area contributed by atoms with E-state index in [9.17, 15) is 4.39 Å². The maximum atomic E-state index is 12.6. The third-order valence-corrected chi connectivity index (χ3v) is 2.74. The summed E-state index contributed by atoms with van der Waals surface area (Å²) in [7, 11) is 0. The maximum absolute atomic E-state index is 12.6. The molecule has 0 fully saturated rings. The molecule has 0 amide bonds. The van der Waals surface area contributed by atoms with Gasteiger partial charge in [0.15, 0.2) is 0 Å². The van der Waals surface area contributed by atoms with Crippen molar-refractivity contribution in [1.29, 1.82) is 0 Å². The van der Waals surface area contributed by atoms with Gasteiger partial charge in [0.1, 0.15) is 5.82 Å². The average molecular weight is 213 g/mol. The van der Waals surface area contributed by atoms with Gasteiger partial charge in [-0.15, -0.1) is 0 Å². The van der Waals surface area contributed by atoms with Crippen LogP contribution in [0.1, 0.15) is 18.5 Å². The van der Waals surface area contributed by atoms with Gasteiger partial charge < -0.3 is 5.32 Å². The molecule has 1 N–H and O–H groups in total. The lowest BCUT2D eigenvalue weighted by atomic mass is 10.1. The zero-order valence-electron chi connectivity index (χ0n) is 8.59. The van der Waals surface area contributed by atoms with Crippen molar-refractivity contribution >= 4 is 11.8 Å². The minimum absolute atomic E-state index is 0.176. The van der Waals surface area contributed by atoms with Crippen molar-refractivity contribution in [3.8, 4) is 0 Å². The minimum Gasteiger partial charge on any atom is -0.309 e. The highest BCUT2D eigenvalue weighted by molar-refractivity contribution is 7.98. The fourth-order valence-corrected chi connectivity index (χ4v) is 1.57. The zero-order valence-corrected chi connectivity index (χ0v) is 9.40. The number of hydrogen-bond acceptors (Lipinski definition) is 2. The van der Waals surface area contributed by atoms with Crippen molar-refractivity contribution in [3.05, 3.63) is 35.6 Å². The first-order chi connectivity index (χ1) is 6.74. The Balaban J connectivity index is 2.43. The van der Waals surface area contributed by atoms with E-state index in [2.05, 4.69) is 18.5 Å². The van der Waals surface area contributed by atoms with Gasteiger partial charge in [0, 0.05) is 18.3 Å². The van der Waals surface area contributed by atoms with Crippen LogP contribution < -0.4 is 5.32 Å². The molecule has 0 heterocycles. The van der Waals surface area contributed by atoms with Crippen LogP contribution in [-0.2, 0) is 0 Å². The van der Waals surface area contributed by atoms with Gasteiger partial charge in [-0.25, -0.2) is 4.39 Å². The molecule has 3 heteroatoms. The van der Waals surface area contributed by atoms with E-state index in [1.54, 1.807) is 0 Å². The molecule has 0 aliphatic rings. The maximum Gasteiger partial charge on any atom is 0.123 e. The van der Waals surface area contributed by atoms with Crippen LogP contribution in [0.4, 0.5) is 4.39 Å². The van der Waals surface area contributed by atoms with Gasteiger partial charge in [0.2, 0.25) is 0 Å². The Kier molecular flexibility index (Phi) is 4.98. The van der Waals surface area contributed by atoms with Gasteiger partial charge in [-0.2, -0.15) is 11.8 Å². The van der Waals surface area contributed by atoms with E-state index in [1.165, 1.54) is 12.1 Å². The molecule has 0 saturated heterocycles. The predicted octanol–water partition coefficient (Wildman–Crippen LogP) is 2.84. The molecule has 0 aliphatic heterocycles. The van der Waals surface area contributed by atoms with Crippen LogP contribution in [-0.4, -0.2) is 18.6 Å². The number of nitrogens with one attached hydrogen (secondary N) is 1. The molecule has 1 aromatic rings. The van der Waals surface area contributed by atoms with Gasteiger partial charge in [0.25, 0.3) is 0 Å². The van der Waals surface area contributed by atoms with E-state index >= 15 is 0 Å². The summed E-state index contributed by atoms with van der Waals surface area (Å²) in [6.45, 7) is 3.08. The van der Waals surface area contributed by atoms with Crippen molar-refractivity contribution in [2.45, 2.75) is 13.0 Å². The minimum atomic E-state index is -0.176. The molecule has 0 radical (unpaired) electrons. The molecule has 78 valence electrons. The van der Waals surface area contributed by atoms with E-state index in [0.717, 1.165) is 17.9 Å². The highest BCUT2D eigenvalue weighted by atomic mass is 32.2. The molecule has 1 rings (SSSR count). The Labute approximate surface area is 89.1 Å². The normalized spacial score (nSPS) is 12.8. The van der Waals surface area contributed by atoms with Crippen LogP contribution >= 0.6 is 11.8 Å². The van der Waals surface area contributed by atoms with Crippen LogP contribution in [0.3, 0.4) is 0 Å². The Hall–Kier alpha value is -0.540. The van der Waals surface area contributed by atoms with E-state index < -0.39 is 0 Å². The van der Waals surface area contributed by atoms with Gasteiger partial charge in [-0.05, 0) is 30.9 Å². The number of hydrogen-bond donors (Lipinski definition) is 1. The molecule has 0 spiro atoms. The fourth-order valence-electron chi connectivity index (χ4n) is 1.25. The first-order valence-corrected chi connectivity index (χ1v) is 6.11. The van der Waals surface area contributed by atoms with E-state index in [1.807, 2.05) is 23.9 Å². The van der Waals surface area contributed by atoms with Crippen LogP contribution in [0, 0.1) is 5.82 Å². The summed E-state index contributed by atoms with van der Waals surface area (Å²) in [5, 5.41) is 3.38. The summed E-state index contributed by atoms with van der Waals surface area (Å²) in [5.41, 5.74) is 1.13. The Bertz CT molecular complexity index is 260. The number of halogens is 1. The predicted molar refractivity (Wildman–Crippen MR) is 61.2 cm³/mol. The highest BCUT2D eigenvalue weighted by Crippen LogP contribution is 2.12. The zero-order chi connectivity index (χ0) is 10.4. The third-order valence-electron chi connectivity index (χ3n) is 2.13. The quantitative estimate of drug-likeness (QED) is 0.755. The molecule has 0 saturated carbocycles. The van der Waals surface area contributed by atoms with Gasteiger partial charge in [-0.1, -0.05) is 12.1 Å². The first-order valence-electron chi connectivity index (χ1n) is 4.72. The van der Waals surface area contributed by atoms with Crippen molar-refractivity contribution < 1.29 is 4.39 Å². The molecule has 1 nitrogen and oxygen atoms in total. The molecular weight excluding hydrogens is 197 g/mol. The van der Waals surface area contributed by atoms with Crippen LogP contribution in [0.5, 0.6) is 0 Å². The topological polar surface area (TPSA) is 12.0 Å². The molecule has 1 atom stereocenters. The smallest absolute Gasteiger partial charge is 0.123 e. The Morgan fingerprint density at radius 2 is 2.00 bits per heavy atom. The third kappa shape index (κ3) is 3.68. The molecule has 14 heavy (non-hydrogen) atoms. The number of thioether (sulfide) groups is 1. The molecule has 0 aliphatic carbocycles. The first kappa shape index (κ1) is 11.5. The monoisotopic (exact) mass is 213 g/mol. The van der Waals surface area contributed by atoms with E-state index in [0.29, 0.717) is 6.04 Å².